The smallest absolute Gasteiger partial charge is 0.306 e. The van der Waals surface area contributed by atoms with Gasteiger partial charge in [0.25, 0.3) is 0 Å². The minimum absolute atomic E-state index is 0.0881. The van der Waals surface area contributed by atoms with Gasteiger partial charge in [0.05, 0.1) is 25.2 Å². The third kappa shape index (κ3) is 43.5. The maximum absolute atomic E-state index is 13.2. The first-order valence-electron chi connectivity index (χ1n) is 27.3. The van der Waals surface area contributed by atoms with E-state index in [4.69, 9.17) is 4.74 Å². The number of ether oxygens (including phenoxy) is 1. The molecule has 0 aromatic heterocycles. The first-order valence-corrected chi connectivity index (χ1v) is 27.3. The number of aliphatic hydroxyl groups is 2. The molecular formula is C54H107NO5. The molecule has 0 fully saturated rings. The highest BCUT2D eigenvalue weighted by molar-refractivity contribution is 5.77. The van der Waals surface area contributed by atoms with E-state index in [0.717, 1.165) is 38.5 Å². The summed E-state index contributed by atoms with van der Waals surface area (Å²) in [6.45, 7) is 6.51. The molecule has 1 amide bonds. The molecule has 0 bridgehead atoms. The predicted octanol–water partition coefficient (Wildman–Crippen LogP) is 16.4. The normalized spacial score (nSPS) is 13.1. The summed E-state index contributed by atoms with van der Waals surface area (Å²) in [5.74, 6) is -0.448. The van der Waals surface area contributed by atoms with Gasteiger partial charge in [0.1, 0.15) is 6.10 Å². The van der Waals surface area contributed by atoms with Crippen LogP contribution in [0.1, 0.15) is 310 Å². The first-order chi connectivity index (χ1) is 29.5. The number of aliphatic hydroxyl groups excluding tert-OH is 2. The van der Waals surface area contributed by atoms with Crippen molar-refractivity contribution in [1.29, 1.82) is 0 Å². The molecule has 0 spiro atoms. The van der Waals surface area contributed by atoms with Gasteiger partial charge in [-0.25, -0.2) is 0 Å². The maximum atomic E-state index is 13.2. The maximum Gasteiger partial charge on any atom is 0.306 e. The Morgan fingerprint density at radius 2 is 0.700 bits per heavy atom. The number of hydrogen-bond donors (Lipinski definition) is 3. The Morgan fingerprint density at radius 3 is 1.02 bits per heavy atom. The lowest BCUT2D eigenvalue weighted by Gasteiger charge is -2.24. The van der Waals surface area contributed by atoms with Gasteiger partial charge in [-0.05, 0) is 25.7 Å². The third-order valence-electron chi connectivity index (χ3n) is 12.9. The van der Waals surface area contributed by atoms with Crippen LogP contribution in [-0.4, -0.2) is 46.9 Å². The largest absolute Gasteiger partial charge is 0.462 e. The summed E-state index contributed by atoms with van der Waals surface area (Å²) in [6, 6.07) is -0.691. The van der Waals surface area contributed by atoms with Crippen molar-refractivity contribution in [2.75, 3.05) is 6.61 Å². The fraction of sp³-hybridized carbons (Fsp3) is 0.963. The van der Waals surface area contributed by atoms with Crippen LogP contribution in [0.5, 0.6) is 0 Å². The van der Waals surface area contributed by atoms with Crippen molar-refractivity contribution in [3.63, 3.8) is 0 Å². The summed E-state index contributed by atoms with van der Waals surface area (Å²) in [6.07, 6.45) is 53.1. The van der Waals surface area contributed by atoms with Crippen molar-refractivity contribution in [2.45, 2.75) is 328 Å². The zero-order valence-electron chi connectivity index (χ0n) is 40.9. The molecular weight excluding hydrogens is 743 g/mol. The van der Waals surface area contributed by atoms with Gasteiger partial charge in [-0.15, -0.1) is 0 Å². The van der Waals surface area contributed by atoms with Crippen LogP contribution in [0, 0.1) is 0 Å². The average Bonchev–Trinajstić information content (AvgIpc) is 3.24. The van der Waals surface area contributed by atoms with E-state index in [2.05, 4.69) is 26.1 Å². The molecule has 6 nitrogen and oxygen atoms in total. The second-order valence-corrected chi connectivity index (χ2v) is 19.0. The second-order valence-electron chi connectivity index (χ2n) is 19.0. The van der Waals surface area contributed by atoms with Crippen molar-refractivity contribution in [2.24, 2.45) is 0 Å². The van der Waals surface area contributed by atoms with Crippen LogP contribution in [0.2, 0.25) is 0 Å². The van der Waals surface area contributed by atoms with Crippen LogP contribution in [0.15, 0.2) is 0 Å². The first kappa shape index (κ1) is 58.9. The standard InChI is InChI=1S/C54H107NO5/c1-4-7-10-13-16-19-22-24-26-28-30-32-35-38-41-44-47-54(59)60-50(45-42-39-36-33-31-29-27-25-23-20-17-14-11-8-5-2)48-53(58)55-51(49-56)52(57)46-43-40-37-34-21-18-15-12-9-6-3/h50-52,56-57H,4-49H2,1-3H3,(H,55,58). The van der Waals surface area contributed by atoms with E-state index in [-0.39, 0.29) is 24.9 Å². The molecule has 0 heterocycles. The molecule has 0 aliphatic rings. The Labute approximate surface area is 375 Å². The fourth-order valence-electron chi connectivity index (χ4n) is 8.79. The molecule has 0 aliphatic carbocycles. The molecule has 3 N–H and O–H groups in total. The molecule has 358 valence electrons. The molecule has 0 rings (SSSR count). The van der Waals surface area contributed by atoms with Crippen molar-refractivity contribution >= 4 is 11.9 Å². The average molecular weight is 850 g/mol. The molecule has 60 heavy (non-hydrogen) atoms. The topological polar surface area (TPSA) is 95.9 Å². The highest BCUT2D eigenvalue weighted by Crippen LogP contribution is 2.19. The molecule has 0 aliphatic heterocycles. The summed E-state index contributed by atoms with van der Waals surface area (Å²) in [4.78, 5) is 26.2. The van der Waals surface area contributed by atoms with Gasteiger partial charge < -0.3 is 20.3 Å². The fourth-order valence-corrected chi connectivity index (χ4v) is 8.79. The van der Waals surface area contributed by atoms with Crippen molar-refractivity contribution in [1.82, 2.24) is 5.32 Å². The van der Waals surface area contributed by atoms with Crippen LogP contribution in [0.4, 0.5) is 0 Å². The molecule has 0 saturated carbocycles. The summed E-state index contributed by atoms with van der Waals surface area (Å²) < 4.78 is 5.95. The van der Waals surface area contributed by atoms with E-state index >= 15 is 0 Å². The molecule has 3 unspecified atom stereocenters. The second kappa shape index (κ2) is 48.9. The minimum Gasteiger partial charge on any atom is -0.462 e. The Morgan fingerprint density at radius 1 is 0.417 bits per heavy atom. The number of rotatable bonds is 50. The summed E-state index contributed by atoms with van der Waals surface area (Å²) >= 11 is 0. The van der Waals surface area contributed by atoms with Gasteiger partial charge in [-0.1, -0.05) is 271 Å². The van der Waals surface area contributed by atoms with Gasteiger partial charge in [0, 0.05) is 6.42 Å². The predicted molar refractivity (Wildman–Crippen MR) is 260 cm³/mol. The van der Waals surface area contributed by atoms with E-state index in [1.165, 1.54) is 225 Å². The van der Waals surface area contributed by atoms with Gasteiger partial charge in [0.2, 0.25) is 5.91 Å². The van der Waals surface area contributed by atoms with E-state index in [1.54, 1.807) is 0 Å². The summed E-state index contributed by atoms with van der Waals surface area (Å²) in [5.41, 5.74) is 0. The van der Waals surface area contributed by atoms with Crippen LogP contribution in [0.25, 0.3) is 0 Å². The number of amides is 1. The Kier molecular flexibility index (Phi) is 48.0. The van der Waals surface area contributed by atoms with E-state index < -0.39 is 18.2 Å². The third-order valence-corrected chi connectivity index (χ3v) is 12.9. The molecule has 0 aromatic carbocycles. The number of unbranched alkanes of at least 4 members (excludes halogenated alkanes) is 38. The quantitative estimate of drug-likeness (QED) is 0.0419. The van der Waals surface area contributed by atoms with Gasteiger partial charge in [-0.2, -0.15) is 0 Å². The van der Waals surface area contributed by atoms with Crippen LogP contribution in [-0.2, 0) is 14.3 Å². The molecule has 6 heteroatoms. The Hall–Kier alpha value is -1.14. The van der Waals surface area contributed by atoms with Crippen LogP contribution < -0.4 is 5.32 Å². The van der Waals surface area contributed by atoms with Crippen molar-refractivity contribution < 1.29 is 24.5 Å². The lowest BCUT2D eigenvalue weighted by atomic mass is 10.0. The Bertz CT molecular complexity index is 867. The highest BCUT2D eigenvalue weighted by atomic mass is 16.5. The van der Waals surface area contributed by atoms with E-state index in [0.29, 0.717) is 19.3 Å². The molecule has 0 aromatic rings. The van der Waals surface area contributed by atoms with Crippen LogP contribution >= 0.6 is 0 Å². The van der Waals surface area contributed by atoms with Crippen molar-refractivity contribution in [3.05, 3.63) is 0 Å². The van der Waals surface area contributed by atoms with Crippen LogP contribution in [0.3, 0.4) is 0 Å². The molecule has 0 radical (unpaired) electrons. The lowest BCUT2D eigenvalue weighted by Crippen LogP contribution is -2.46. The molecule has 3 atom stereocenters. The number of carbonyl (C=O) groups excluding carboxylic acids is 2. The number of hydrogen-bond acceptors (Lipinski definition) is 5. The Balaban J connectivity index is 4.49. The zero-order chi connectivity index (χ0) is 43.8. The number of nitrogens with one attached hydrogen (secondary N) is 1. The lowest BCUT2D eigenvalue weighted by molar-refractivity contribution is -0.151. The minimum atomic E-state index is -0.778. The van der Waals surface area contributed by atoms with Crippen molar-refractivity contribution in [3.8, 4) is 0 Å². The van der Waals surface area contributed by atoms with E-state index in [9.17, 15) is 19.8 Å². The summed E-state index contributed by atoms with van der Waals surface area (Å²) in [7, 11) is 0. The number of carbonyl (C=O) groups is 2. The highest BCUT2D eigenvalue weighted by Gasteiger charge is 2.24. The SMILES string of the molecule is CCCCCCCCCCCCCCCCCCC(=O)OC(CCCCCCCCCCCCCCCCC)CC(=O)NC(CO)C(O)CCCCCCCCCCCC. The summed E-state index contributed by atoms with van der Waals surface area (Å²) in [5, 5.41) is 23.7. The van der Waals surface area contributed by atoms with Gasteiger partial charge in [0.15, 0.2) is 0 Å². The molecule has 0 saturated heterocycles. The monoisotopic (exact) mass is 850 g/mol. The number of esters is 1. The van der Waals surface area contributed by atoms with E-state index in [1.807, 2.05) is 0 Å². The van der Waals surface area contributed by atoms with Gasteiger partial charge in [-0.3, -0.25) is 9.59 Å². The van der Waals surface area contributed by atoms with Gasteiger partial charge >= 0.3 is 5.97 Å². The zero-order valence-corrected chi connectivity index (χ0v) is 40.9.